The van der Waals surface area contributed by atoms with Gasteiger partial charge < -0.3 is 9.30 Å². The molecule has 2 aromatic heterocycles. The lowest BCUT2D eigenvalue weighted by atomic mass is 10.2. The van der Waals surface area contributed by atoms with E-state index in [0.29, 0.717) is 25.3 Å². The molecule has 0 amide bonds. The van der Waals surface area contributed by atoms with E-state index in [2.05, 4.69) is 9.97 Å². The second-order valence-electron chi connectivity index (χ2n) is 7.08. The van der Waals surface area contributed by atoms with Crippen LogP contribution in [0.5, 0.6) is 0 Å². The van der Waals surface area contributed by atoms with Crippen LogP contribution < -0.4 is 11.2 Å². The molecule has 9 heteroatoms. The molecule has 0 fully saturated rings. The number of fused-ring (bicyclic) bond motifs is 1. The van der Waals surface area contributed by atoms with Crippen molar-refractivity contribution in [1.29, 1.82) is 0 Å². The van der Waals surface area contributed by atoms with Crippen LogP contribution in [0.1, 0.15) is 44.5 Å². The molecule has 2 heterocycles. The summed E-state index contributed by atoms with van der Waals surface area (Å²) in [6.07, 6.45) is 4.82. The molecule has 0 unspecified atom stereocenters. The summed E-state index contributed by atoms with van der Waals surface area (Å²) in [6, 6.07) is 6.07. The topological polar surface area (TPSA) is 99.0 Å². The number of aromatic nitrogens is 4. The fraction of sp³-hybridized carbons (Fsp3) is 0.364. The van der Waals surface area contributed by atoms with Crippen LogP contribution in [0.15, 0.2) is 39.9 Å². The Morgan fingerprint density at radius 2 is 1.94 bits per heavy atom. The zero-order valence-electron chi connectivity index (χ0n) is 17.6. The smallest absolute Gasteiger partial charge is 0.331 e. The highest BCUT2D eigenvalue weighted by molar-refractivity contribution is 5.87. The predicted molar refractivity (Wildman–Crippen MR) is 115 cm³/mol. The van der Waals surface area contributed by atoms with Gasteiger partial charge in [-0.3, -0.25) is 14.3 Å². The number of carbonyl (C=O) groups is 1. The number of H-pyrrole nitrogens is 1. The molecule has 0 aliphatic carbocycles. The number of benzene rings is 1. The Hall–Kier alpha value is -3.49. The van der Waals surface area contributed by atoms with Crippen LogP contribution in [0.4, 0.5) is 4.39 Å². The van der Waals surface area contributed by atoms with Crippen molar-refractivity contribution in [2.75, 3.05) is 0 Å². The average molecular weight is 428 g/mol. The summed E-state index contributed by atoms with van der Waals surface area (Å²) in [5, 5.41) is 0. The number of hydrogen-bond acceptors (Lipinski definition) is 5. The molecular weight excluding hydrogens is 403 g/mol. The van der Waals surface area contributed by atoms with Gasteiger partial charge in [-0.05, 0) is 25.0 Å². The number of carbonyl (C=O) groups excluding carboxylic acids is 1. The summed E-state index contributed by atoms with van der Waals surface area (Å²) < 4.78 is 22.0. The van der Waals surface area contributed by atoms with E-state index in [9.17, 15) is 18.8 Å². The summed E-state index contributed by atoms with van der Waals surface area (Å²) in [5.74, 6) is -0.748. The standard InChI is InChI=1S/C22H25FN4O4/c1-3-5-13-27-20-19(21(29)25-22(27)30)26(12-4-2)17(24-20)14-31-18(28)11-10-15-8-6-7-9-16(15)23/h6-11H,3-5,12-14H2,1-2H3,(H,25,29,30)/b11-10+. The van der Waals surface area contributed by atoms with Crippen LogP contribution in [0.25, 0.3) is 17.2 Å². The van der Waals surface area contributed by atoms with Gasteiger partial charge in [0.1, 0.15) is 18.2 Å². The van der Waals surface area contributed by atoms with Crippen molar-refractivity contribution in [1.82, 2.24) is 19.1 Å². The van der Waals surface area contributed by atoms with Gasteiger partial charge in [0, 0.05) is 24.7 Å². The number of hydrogen-bond donors (Lipinski definition) is 1. The van der Waals surface area contributed by atoms with E-state index in [1.54, 1.807) is 22.8 Å². The highest BCUT2D eigenvalue weighted by Gasteiger charge is 2.18. The number of nitrogens with zero attached hydrogens (tertiary/aromatic N) is 3. The van der Waals surface area contributed by atoms with Gasteiger partial charge in [0.05, 0.1) is 0 Å². The van der Waals surface area contributed by atoms with Crippen LogP contribution in [-0.4, -0.2) is 25.1 Å². The molecule has 3 aromatic rings. The number of halogens is 1. The van der Waals surface area contributed by atoms with Crippen molar-refractivity contribution in [2.45, 2.75) is 52.8 Å². The van der Waals surface area contributed by atoms with Gasteiger partial charge >= 0.3 is 11.7 Å². The van der Waals surface area contributed by atoms with Gasteiger partial charge in [0.2, 0.25) is 0 Å². The number of aromatic amines is 1. The largest absolute Gasteiger partial charge is 0.454 e. The summed E-state index contributed by atoms with van der Waals surface area (Å²) in [7, 11) is 0. The maximum atomic E-state index is 13.7. The van der Waals surface area contributed by atoms with Gasteiger partial charge in [0.15, 0.2) is 11.2 Å². The molecule has 1 N–H and O–H groups in total. The van der Waals surface area contributed by atoms with E-state index in [4.69, 9.17) is 4.74 Å². The van der Waals surface area contributed by atoms with Crippen LogP contribution in [0, 0.1) is 5.82 Å². The van der Waals surface area contributed by atoms with E-state index in [0.717, 1.165) is 18.9 Å². The van der Waals surface area contributed by atoms with Gasteiger partial charge in [0.25, 0.3) is 5.56 Å². The summed E-state index contributed by atoms with van der Waals surface area (Å²) in [5.41, 5.74) is -0.201. The number of imidazole rings is 1. The van der Waals surface area contributed by atoms with Crippen molar-refractivity contribution < 1.29 is 13.9 Å². The van der Waals surface area contributed by atoms with Crippen molar-refractivity contribution in [3.63, 3.8) is 0 Å². The average Bonchev–Trinajstić information content (AvgIpc) is 3.10. The molecule has 31 heavy (non-hydrogen) atoms. The Kier molecular flexibility index (Phi) is 7.17. The van der Waals surface area contributed by atoms with E-state index in [-0.39, 0.29) is 23.3 Å². The first-order valence-electron chi connectivity index (χ1n) is 10.3. The first-order valence-corrected chi connectivity index (χ1v) is 10.3. The minimum atomic E-state index is -0.671. The summed E-state index contributed by atoms with van der Waals surface area (Å²) >= 11 is 0. The second kappa shape index (κ2) is 10.0. The molecule has 0 saturated carbocycles. The Morgan fingerprint density at radius 1 is 1.16 bits per heavy atom. The monoisotopic (exact) mass is 428 g/mol. The van der Waals surface area contributed by atoms with E-state index in [1.807, 2.05) is 13.8 Å². The quantitative estimate of drug-likeness (QED) is 0.417. The SMILES string of the molecule is CCCCn1c(=O)[nH]c(=O)c2c1nc(COC(=O)/C=C/c1ccccc1F)n2CCC. The lowest BCUT2D eigenvalue weighted by molar-refractivity contribution is -0.139. The Morgan fingerprint density at radius 3 is 2.65 bits per heavy atom. The number of ether oxygens (including phenoxy) is 1. The first-order chi connectivity index (χ1) is 15.0. The van der Waals surface area contributed by atoms with Crippen molar-refractivity contribution in [3.8, 4) is 0 Å². The number of esters is 1. The maximum absolute atomic E-state index is 13.7. The summed E-state index contributed by atoms with van der Waals surface area (Å²) in [6.45, 7) is 4.67. The van der Waals surface area contributed by atoms with E-state index >= 15 is 0 Å². The molecule has 0 spiro atoms. The number of aryl methyl sites for hydroxylation is 2. The van der Waals surface area contributed by atoms with Gasteiger partial charge in [-0.15, -0.1) is 0 Å². The lowest BCUT2D eigenvalue weighted by Crippen LogP contribution is -2.31. The second-order valence-corrected chi connectivity index (χ2v) is 7.08. The van der Waals surface area contributed by atoms with Crippen molar-refractivity contribution in [3.05, 3.63) is 68.4 Å². The van der Waals surface area contributed by atoms with Crippen LogP contribution in [-0.2, 0) is 29.2 Å². The summed E-state index contributed by atoms with van der Waals surface area (Å²) in [4.78, 5) is 43.7. The molecule has 8 nitrogen and oxygen atoms in total. The first kappa shape index (κ1) is 22.2. The Bertz CT molecular complexity index is 1220. The third-order valence-electron chi connectivity index (χ3n) is 4.79. The number of nitrogens with one attached hydrogen (secondary N) is 1. The van der Waals surface area contributed by atoms with Crippen molar-refractivity contribution in [2.24, 2.45) is 0 Å². The van der Waals surface area contributed by atoms with E-state index in [1.165, 1.54) is 16.7 Å². The number of rotatable bonds is 9. The lowest BCUT2D eigenvalue weighted by Gasteiger charge is -2.08. The predicted octanol–water partition coefficient (Wildman–Crippen LogP) is 2.99. The van der Waals surface area contributed by atoms with Crippen LogP contribution >= 0.6 is 0 Å². The Balaban J connectivity index is 1.89. The molecule has 0 aliphatic rings. The van der Waals surface area contributed by atoms with Gasteiger partial charge in [-0.2, -0.15) is 0 Å². The van der Waals surface area contributed by atoms with Crippen molar-refractivity contribution >= 4 is 23.2 Å². The zero-order chi connectivity index (χ0) is 22.4. The fourth-order valence-electron chi connectivity index (χ4n) is 3.27. The molecule has 0 saturated heterocycles. The van der Waals surface area contributed by atoms with Gasteiger partial charge in [-0.1, -0.05) is 38.5 Å². The highest BCUT2D eigenvalue weighted by atomic mass is 19.1. The molecule has 1 aromatic carbocycles. The van der Waals surface area contributed by atoms with Crippen LogP contribution in [0.2, 0.25) is 0 Å². The third kappa shape index (κ3) is 4.99. The zero-order valence-corrected chi connectivity index (χ0v) is 17.6. The molecule has 0 aliphatic heterocycles. The molecule has 3 rings (SSSR count). The fourth-order valence-corrected chi connectivity index (χ4v) is 3.27. The highest BCUT2D eigenvalue weighted by Crippen LogP contribution is 2.14. The number of unbranched alkanes of at least 4 members (excludes halogenated alkanes) is 1. The Labute approximate surface area is 178 Å². The molecule has 0 atom stereocenters. The van der Waals surface area contributed by atoms with Gasteiger partial charge in [-0.25, -0.2) is 19.0 Å². The third-order valence-corrected chi connectivity index (χ3v) is 4.79. The minimum Gasteiger partial charge on any atom is -0.454 e. The molecule has 0 radical (unpaired) electrons. The van der Waals surface area contributed by atoms with E-state index < -0.39 is 23.0 Å². The maximum Gasteiger partial charge on any atom is 0.331 e. The minimum absolute atomic E-state index is 0.184. The molecular formula is C22H25FN4O4. The van der Waals surface area contributed by atoms with Crippen LogP contribution in [0.3, 0.4) is 0 Å². The molecule has 0 bridgehead atoms. The molecule has 164 valence electrons. The normalized spacial score (nSPS) is 11.5.